The van der Waals surface area contributed by atoms with Gasteiger partial charge in [-0.05, 0) is 43.9 Å². The Hall–Kier alpha value is -3.16. The number of nitrogens with zero attached hydrogens (tertiary/aromatic N) is 2. The van der Waals surface area contributed by atoms with Crippen LogP contribution in [-0.2, 0) is 4.79 Å². The van der Waals surface area contributed by atoms with E-state index in [-0.39, 0.29) is 17.4 Å². The molecule has 2 fully saturated rings. The Kier molecular flexibility index (Phi) is 5.59. The van der Waals surface area contributed by atoms with Crippen LogP contribution in [0, 0.1) is 5.92 Å². The van der Waals surface area contributed by atoms with E-state index in [1.165, 1.54) is 19.0 Å². The second-order valence-electron chi connectivity index (χ2n) is 7.77. The van der Waals surface area contributed by atoms with Crippen LogP contribution in [0.5, 0.6) is 0 Å². The van der Waals surface area contributed by atoms with Gasteiger partial charge in [-0.3, -0.25) is 9.59 Å². The second kappa shape index (κ2) is 8.46. The molecule has 2 aliphatic rings. The topological polar surface area (TPSA) is 122 Å². The fourth-order valence-corrected chi connectivity index (χ4v) is 3.71. The summed E-state index contributed by atoms with van der Waals surface area (Å²) in [6.45, 7) is 0. The lowest BCUT2D eigenvalue weighted by atomic mass is 9.85. The maximum atomic E-state index is 12.2. The number of hydrogen-bond acceptors (Lipinski definition) is 6. The summed E-state index contributed by atoms with van der Waals surface area (Å²) in [5.74, 6) is 0.450. The van der Waals surface area contributed by atoms with E-state index in [0.29, 0.717) is 17.8 Å². The number of amides is 2. The van der Waals surface area contributed by atoms with Gasteiger partial charge in [0, 0.05) is 29.5 Å². The standard InChI is InChI=1S/C21H26N6O2/c22-18(28)17-12-23-21(27-19(17)24-14-7-1-2-8-14)26-16-10-4-9-15(11-16)25-20(29)13-5-3-6-13/h4,9-14H,1-3,5-8H2,(H2,22,28)(H,25,29)(H2,23,24,26,27). The van der Waals surface area contributed by atoms with Crippen LogP contribution in [0.25, 0.3) is 0 Å². The van der Waals surface area contributed by atoms with E-state index in [9.17, 15) is 9.59 Å². The van der Waals surface area contributed by atoms with E-state index in [1.807, 2.05) is 24.3 Å². The van der Waals surface area contributed by atoms with Crippen molar-refractivity contribution in [3.63, 3.8) is 0 Å². The maximum absolute atomic E-state index is 12.2. The number of nitrogens with one attached hydrogen (secondary N) is 3. The zero-order valence-corrected chi connectivity index (χ0v) is 16.3. The molecule has 0 atom stereocenters. The Morgan fingerprint density at radius 1 is 1.03 bits per heavy atom. The van der Waals surface area contributed by atoms with Crippen LogP contribution in [0.2, 0.25) is 0 Å². The molecule has 0 spiro atoms. The van der Waals surface area contributed by atoms with Gasteiger partial charge in [-0.2, -0.15) is 4.98 Å². The van der Waals surface area contributed by atoms with Crippen molar-refractivity contribution >= 4 is 35.0 Å². The van der Waals surface area contributed by atoms with Crippen molar-refractivity contribution in [2.24, 2.45) is 11.7 Å². The summed E-state index contributed by atoms with van der Waals surface area (Å²) in [4.78, 5) is 32.6. The first kappa shape index (κ1) is 19.2. The number of benzene rings is 1. The van der Waals surface area contributed by atoms with E-state index >= 15 is 0 Å². The van der Waals surface area contributed by atoms with Crippen molar-refractivity contribution in [3.8, 4) is 0 Å². The third-order valence-corrected chi connectivity index (χ3v) is 5.61. The molecule has 8 heteroatoms. The van der Waals surface area contributed by atoms with Crippen LogP contribution in [-0.4, -0.2) is 27.8 Å². The fraction of sp³-hybridized carbons (Fsp3) is 0.429. The Balaban J connectivity index is 1.48. The third kappa shape index (κ3) is 4.64. The van der Waals surface area contributed by atoms with Crippen LogP contribution < -0.4 is 21.7 Å². The number of primary amides is 1. The number of nitrogens with two attached hydrogens (primary N) is 1. The summed E-state index contributed by atoms with van der Waals surface area (Å²) < 4.78 is 0. The molecule has 5 N–H and O–H groups in total. The van der Waals surface area contributed by atoms with Gasteiger partial charge in [-0.15, -0.1) is 0 Å². The van der Waals surface area contributed by atoms with Gasteiger partial charge in [0.2, 0.25) is 11.9 Å². The summed E-state index contributed by atoms with van der Waals surface area (Å²) >= 11 is 0. The van der Waals surface area contributed by atoms with E-state index in [0.717, 1.165) is 43.5 Å². The van der Waals surface area contributed by atoms with E-state index in [4.69, 9.17) is 5.73 Å². The van der Waals surface area contributed by atoms with Crippen molar-refractivity contribution in [2.45, 2.75) is 51.0 Å². The molecule has 152 valence electrons. The Labute approximate surface area is 169 Å². The molecule has 2 amide bonds. The number of rotatable bonds is 7. The van der Waals surface area contributed by atoms with Gasteiger partial charge in [0.15, 0.2) is 0 Å². The molecular weight excluding hydrogens is 368 g/mol. The van der Waals surface area contributed by atoms with Crippen molar-refractivity contribution in [2.75, 3.05) is 16.0 Å². The SMILES string of the molecule is NC(=O)c1cnc(Nc2cccc(NC(=O)C3CCC3)c2)nc1NC1CCCC1. The fourth-order valence-electron chi connectivity index (χ4n) is 3.71. The number of hydrogen-bond donors (Lipinski definition) is 4. The van der Waals surface area contributed by atoms with Crippen molar-refractivity contribution in [1.29, 1.82) is 0 Å². The van der Waals surface area contributed by atoms with Crippen LogP contribution in [0.15, 0.2) is 30.5 Å². The van der Waals surface area contributed by atoms with E-state index in [1.54, 1.807) is 0 Å². The quantitative estimate of drug-likeness (QED) is 0.571. The van der Waals surface area contributed by atoms with Gasteiger partial charge < -0.3 is 21.7 Å². The van der Waals surface area contributed by atoms with Gasteiger partial charge in [-0.25, -0.2) is 4.98 Å². The maximum Gasteiger partial charge on any atom is 0.254 e. The number of carbonyl (C=O) groups excluding carboxylic acids is 2. The zero-order valence-electron chi connectivity index (χ0n) is 16.3. The predicted octanol–water partition coefficient (Wildman–Crippen LogP) is 3.41. The highest BCUT2D eigenvalue weighted by molar-refractivity contribution is 5.97. The van der Waals surface area contributed by atoms with Gasteiger partial charge in [0.05, 0.1) is 5.56 Å². The van der Waals surface area contributed by atoms with Crippen molar-refractivity contribution in [3.05, 3.63) is 36.0 Å². The first-order valence-corrected chi connectivity index (χ1v) is 10.2. The Bertz CT molecular complexity index is 906. The molecule has 0 unspecified atom stereocenters. The molecule has 2 aliphatic carbocycles. The first-order valence-electron chi connectivity index (χ1n) is 10.2. The van der Waals surface area contributed by atoms with Crippen molar-refractivity contribution in [1.82, 2.24) is 9.97 Å². The molecule has 0 bridgehead atoms. The van der Waals surface area contributed by atoms with Crippen molar-refractivity contribution < 1.29 is 9.59 Å². The molecule has 1 aromatic heterocycles. The minimum Gasteiger partial charge on any atom is -0.367 e. The monoisotopic (exact) mass is 394 g/mol. The molecule has 0 radical (unpaired) electrons. The van der Waals surface area contributed by atoms with Gasteiger partial charge >= 0.3 is 0 Å². The zero-order chi connectivity index (χ0) is 20.2. The number of anilines is 4. The normalized spacial score (nSPS) is 16.8. The summed E-state index contributed by atoms with van der Waals surface area (Å²) in [6, 6.07) is 7.71. The van der Waals surface area contributed by atoms with Gasteiger partial charge in [0.1, 0.15) is 5.82 Å². The summed E-state index contributed by atoms with van der Waals surface area (Å²) in [5.41, 5.74) is 7.23. The Morgan fingerprint density at radius 3 is 2.48 bits per heavy atom. The highest BCUT2D eigenvalue weighted by Crippen LogP contribution is 2.28. The number of aromatic nitrogens is 2. The minimum absolute atomic E-state index is 0.0681. The van der Waals surface area contributed by atoms with E-state index < -0.39 is 5.91 Å². The summed E-state index contributed by atoms with van der Waals surface area (Å²) in [6.07, 6.45) is 8.91. The summed E-state index contributed by atoms with van der Waals surface area (Å²) in [7, 11) is 0. The first-order chi connectivity index (χ1) is 14.1. The average Bonchev–Trinajstić information content (AvgIpc) is 3.13. The molecule has 0 aliphatic heterocycles. The smallest absolute Gasteiger partial charge is 0.254 e. The molecule has 1 heterocycles. The van der Waals surface area contributed by atoms with Gasteiger partial charge in [0.25, 0.3) is 5.91 Å². The van der Waals surface area contributed by atoms with Crippen LogP contribution in [0.1, 0.15) is 55.3 Å². The third-order valence-electron chi connectivity index (χ3n) is 5.61. The second-order valence-corrected chi connectivity index (χ2v) is 7.77. The highest BCUT2D eigenvalue weighted by atomic mass is 16.2. The minimum atomic E-state index is -0.558. The summed E-state index contributed by atoms with van der Waals surface area (Å²) in [5, 5.41) is 9.43. The largest absolute Gasteiger partial charge is 0.367 e. The molecule has 29 heavy (non-hydrogen) atoms. The average molecular weight is 394 g/mol. The van der Waals surface area contributed by atoms with Crippen LogP contribution >= 0.6 is 0 Å². The lowest BCUT2D eigenvalue weighted by Gasteiger charge is -2.24. The van der Waals surface area contributed by atoms with Crippen LogP contribution in [0.3, 0.4) is 0 Å². The lowest BCUT2D eigenvalue weighted by Crippen LogP contribution is -2.28. The lowest BCUT2D eigenvalue weighted by molar-refractivity contribution is -0.122. The molecule has 4 rings (SSSR count). The Morgan fingerprint density at radius 2 is 1.79 bits per heavy atom. The number of carbonyl (C=O) groups is 2. The molecular formula is C21H26N6O2. The molecule has 1 aromatic carbocycles. The van der Waals surface area contributed by atoms with Crippen LogP contribution in [0.4, 0.5) is 23.1 Å². The predicted molar refractivity (Wildman–Crippen MR) is 112 cm³/mol. The molecule has 2 saturated carbocycles. The molecule has 2 aromatic rings. The molecule has 8 nitrogen and oxygen atoms in total. The van der Waals surface area contributed by atoms with Gasteiger partial charge in [-0.1, -0.05) is 25.3 Å². The van der Waals surface area contributed by atoms with E-state index in [2.05, 4.69) is 25.9 Å². The molecule has 0 saturated heterocycles. The highest BCUT2D eigenvalue weighted by Gasteiger charge is 2.25.